The standard InChI is InChI=1S/C22H35N7O6S/c1-36-10-8-16(28-19(33)15(23)3-2-9-26-22(24)25)21(35)29-17(20(34)27-12-18(31)32)11-13-4-6-14(30)7-5-13/h4-7,15-17,30H,2-3,8-12,23H2,1H3,(H,27,34)(H,28,33)(H,29,35)(H,31,32)(H4,24,25,26). The van der Waals surface area contributed by atoms with Crippen LogP contribution in [0, 0.1) is 0 Å². The molecule has 0 spiro atoms. The van der Waals surface area contributed by atoms with Crippen molar-refractivity contribution in [1.29, 1.82) is 0 Å². The lowest BCUT2D eigenvalue weighted by molar-refractivity contribution is -0.138. The van der Waals surface area contributed by atoms with Crippen LogP contribution in [-0.2, 0) is 25.6 Å². The number of hydrogen-bond acceptors (Lipinski definition) is 8. The number of benzene rings is 1. The average Bonchev–Trinajstić information content (AvgIpc) is 2.83. The molecule has 0 aliphatic carbocycles. The van der Waals surface area contributed by atoms with Crippen molar-refractivity contribution >= 4 is 41.4 Å². The van der Waals surface area contributed by atoms with E-state index in [1.807, 2.05) is 6.26 Å². The third-order valence-electron chi connectivity index (χ3n) is 4.97. The van der Waals surface area contributed by atoms with Crippen molar-refractivity contribution in [3.8, 4) is 5.75 Å². The van der Waals surface area contributed by atoms with Crippen LogP contribution in [0.4, 0.5) is 0 Å². The molecule has 0 heterocycles. The molecule has 0 aliphatic heterocycles. The number of guanidine groups is 1. The van der Waals surface area contributed by atoms with Gasteiger partial charge in [-0.15, -0.1) is 0 Å². The molecule has 1 aromatic carbocycles. The van der Waals surface area contributed by atoms with Gasteiger partial charge in [-0.25, -0.2) is 0 Å². The molecule has 11 N–H and O–H groups in total. The Morgan fingerprint density at radius 2 is 1.64 bits per heavy atom. The summed E-state index contributed by atoms with van der Waals surface area (Å²) in [4.78, 5) is 53.0. The zero-order valence-electron chi connectivity index (χ0n) is 20.1. The zero-order valence-corrected chi connectivity index (χ0v) is 20.9. The van der Waals surface area contributed by atoms with E-state index in [1.54, 1.807) is 12.1 Å². The van der Waals surface area contributed by atoms with Crippen LogP contribution in [0.3, 0.4) is 0 Å². The van der Waals surface area contributed by atoms with Crippen LogP contribution in [0.15, 0.2) is 29.3 Å². The number of carboxylic acids is 1. The van der Waals surface area contributed by atoms with E-state index in [4.69, 9.17) is 22.3 Å². The van der Waals surface area contributed by atoms with Gasteiger partial charge in [0.25, 0.3) is 0 Å². The second-order valence-corrected chi connectivity index (χ2v) is 8.93. The Kier molecular flexibility index (Phi) is 13.7. The number of carboxylic acid groups (broad SMARTS) is 1. The van der Waals surface area contributed by atoms with Crippen molar-refractivity contribution in [2.45, 2.75) is 43.8 Å². The maximum absolute atomic E-state index is 13.1. The molecule has 0 bridgehead atoms. The molecule has 3 atom stereocenters. The molecule has 200 valence electrons. The lowest BCUT2D eigenvalue weighted by atomic mass is 10.0. The van der Waals surface area contributed by atoms with Crippen molar-refractivity contribution in [3.05, 3.63) is 29.8 Å². The SMILES string of the molecule is CSCCC(NC(=O)C(N)CCCN=C(N)N)C(=O)NC(Cc1ccc(O)cc1)C(=O)NCC(=O)O. The molecule has 1 rings (SSSR count). The normalized spacial score (nSPS) is 13.1. The van der Waals surface area contributed by atoms with Gasteiger partial charge in [0.05, 0.1) is 6.04 Å². The van der Waals surface area contributed by atoms with Gasteiger partial charge in [-0.3, -0.25) is 24.2 Å². The summed E-state index contributed by atoms with van der Waals surface area (Å²) in [6, 6.07) is 3.03. The first-order valence-electron chi connectivity index (χ1n) is 11.2. The van der Waals surface area contributed by atoms with Crippen LogP contribution in [0.2, 0.25) is 0 Å². The molecular weight excluding hydrogens is 490 g/mol. The molecule has 1 aromatic rings. The number of rotatable bonds is 16. The summed E-state index contributed by atoms with van der Waals surface area (Å²) < 4.78 is 0. The minimum absolute atomic E-state index is 0.0316. The number of thioether (sulfide) groups is 1. The van der Waals surface area contributed by atoms with Crippen LogP contribution < -0.4 is 33.2 Å². The van der Waals surface area contributed by atoms with E-state index in [2.05, 4.69) is 20.9 Å². The number of carbonyl (C=O) groups excluding carboxylic acids is 3. The highest BCUT2D eigenvalue weighted by Crippen LogP contribution is 2.12. The Morgan fingerprint density at radius 3 is 2.22 bits per heavy atom. The van der Waals surface area contributed by atoms with Gasteiger partial charge in [0.1, 0.15) is 24.4 Å². The van der Waals surface area contributed by atoms with Gasteiger partial charge in [0.2, 0.25) is 17.7 Å². The van der Waals surface area contributed by atoms with Crippen molar-refractivity contribution in [2.75, 3.05) is 25.1 Å². The van der Waals surface area contributed by atoms with Gasteiger partial charge in [-0.1, -0.05) is 12.1 Å². The van der Waals surface area contributed by atoms with Gasteiger partial charge in [0.15, 0.2) is 5.96 Å². The highest BCUT2D eigenvalue weighted by Gasteiger charge is 2.28. The number of hydrogen-bond donors (Lipinski definition) is 8. The molecule has 0 saturated carbocycles. The molecule has 0 fully saturated rings. The average molecular weight is 526 g/mol. The Morgan fingerprint density at radius 1 is 1.00 bits per heavy atom. The Hall–Kier alpha value is -3.52. The van der Waals surface area contributed by atoms with E-state index in [-0.39, 0.29) is 24.6 Å². The molecule has 0 saturated heterocycles. The fourth-order valence-corrected chi connectivity index (χ4v) is 3.54. The molecule has 3 amide bonds. The minimum Gasteiger partial charge on any atom is -0.508 e. The summed E-state index contributed by atoms with van der Waals surface area (Å²) in [6.45, 7) is -0.313. The quantitative estimate of drug-likeness (QED) is 0.0687. The topological polar surface area (TPSA) is 235 Å². The lowest BCUT2D eigenvalue weighted by Crippen LogP contribution is -2.56. The van der Waals surface area contributed by atoms with E-state index in [1.165, 1.54) is 23.9 Å². The van der Waals surface area contributed by atoms with E-state index in [9.17, 15) is 24.3 Å². The third-order valence-corrected chi connectivity index (χ3v) is 5.61. The second kappa shape index (κ2) is 16.2. The van der Waals surface area contributed by atoms with Crippen LogP contribution in [-0.4, -0.2) is 83.1 Å². The largest absolute Gasteiger partial charge is 0.508 e. The van der Waals surface area contributed by atoms with Gasteiger partial charge in [-0.05, 0) is 49.0 Å². The number of nitrogens with two attached hydrogens (primary N) is 3. The summed E-state index contributed by atoms with van der Waals surface area (Å²) in [5, 5.41) is 25.9. The number of carbonyl (C=O) groups is 4. The first-order valence-corrected chi connectivity index (χ1v) is 12.6. The number of amides is 3. The molecular formula is C22H35N7O6S. The molecule has 0 aliphatic rings. The van der Waals surface area contributed by atoms with E-state index in [0.29, 0.717) is 30.7 Å². The lowest BCUT2D eigenvalue weighted by Gasteiger charge is -2.24. The third kappa shape index (κ3) is 12.3. The molecule has 3 unspecified atom stereocenters. The number of nitrogens with zero attached hydrogens (tertiary/aromatic N) is 1. The summed E-state index contributed by atoms with van der Waals surface area (Å²) in [6.07, 6.45) is 2.92. The number of nitrogens with one attached hydrogen (secondary N) is 3. The Bertz CT molecular complexity index is 909. The molecule has 14 heteroatoms. The highest BCUT2D eigenvalue weighted by atomic mass is 32.2. The smallest absolute Gasteiger partial charge is 0.322 e. The van der Waals surface area contributed by atoms with Gasteiger partial charge < -0.3 is 43.4 Å². The van der Waals surface area contributed by atoms with E-state index < -0.39 is 48.4 Å². The number of aliphatic imine (C=N–C) groups is 1. The van der Waals surface area contributed by atoms with Crippen LogP contribution in [0.25, 0.3) is 0 Å². The summed E-state index contributed by atoms with van der Waals surface area (Å²) in [7, 11) is 0. The maximum atomic E-state index is 13.1. The van der Waals surface area contributed by atoms with Crippen molar-refractivity contribution in [2.24, 2.45) is 22.2 Å². The van der Waals surface area contributed by atoms with E-state index in [0.717, 1.165) is 0 Å². The molecule has 36 heavy (non-hydrogen) atoms. The monoisotopic (exact) mass is 525 g/mol. The van der Waals surface area contributed by atoms with Crippen molar-refractivity contribution in [3.63, 3.8) is 0 Å². The van der Waals surface area contributed by atoms with Crippen LogP contribution >= 0.6 is 11.8 Å². The highest BCUT2D eigenvalue weighted by molar-refractivity contribution is 7.98. The first kappa shape index (κ1) is 30.5. The fraction of sp³-hybridized carbons (Fsp3) is 0.500. The summed E-state index contributed by atoms with van der Waals surface area (Å²) in [5.74, 6) is -2.57. The molecule has 13 nitrogen and oxygen atoms in total. The van der Waals surface area contributed by atoms with E-state index >= 15 is 0 Å². The fourth-order valence-electron chi connectivity index (χ4n) is 3.07. The van der Waals surface area contributed by atoms with Gasteiger partial charge in [-0.2, -0.15) is 11.8 Å². The summed E-state index contributed by atoms with van der Waals surface area (Å²) in [5.41, 5.74) is 17.1. The van der Waals surface area contributed by atoms with Crippen molar-refractivity contribution in [1.82, 2.24) is 16.0 Å². The van der Waals surface area contributed by atoms with Gasteiger partial charge >= 0.3 is 5.97 Å². The first-order chi connectivity index (χ1) is 17.0. The predicted octanol–water partition coefficient (Wildman–Crippen LogP) is -1.76. The maximum Gasteiger partial charge on any atom is 0.322 e. The van der Waals surface area contributed by atoms with Crippen LogP contribution in [0.1, 0.15) is 24.8 Å². The number of phenolic OH excluding ortho intramolecular Hbond substituents is 1. The second-order valence-electron chi connectivity index (χ2n) is 7.94. The molecule has 0 radical (unpaired) electrons. The number of phenols is 1. The molecule has 0 aromatic heterocycles. The van der Waals surface area contributed by atoms with Crippen LogP contribution in [0.5, 0.6) is 5.75 Å². The number of aromatic hydroxyl groups is 1. The van der Waals surface area contributed by atoms with Gasteiger partial charge in [0, 0.05) is 13.0 Å². The zero-order chi connectivity index (χ0) is 27.1. The Labute approximate surface area is 213 Å². The van der Waals surface area contributed by atoms with Crippen molar-refractivity contribution < 1.29 is 29.4 Å². The summed E-state index contributed by atoms with van der Waals surface area (Å²) >= 11 is 1.47. The Balaban J connectivity index is 2.91. The number of aliphatic carboxylic acids is 1. The predicted molar refractivity (Wildman–Crippen MR) is 137 cm³/mol. The minimum atomic E-state index is -1.24.